The fraction of sp³-hybridized carbons (Fsp3) is 0.389. The van der Waals surface area contributed by atoms with Gasteiger partial charge in [0.15, 0.2) is 5.58 Å². The molecule has 0 bridgehead atoms. The van der Waals surface area contributed by atoms with Gasteiger partial charge in [-0.1, -0.05) is 12.1 Å². The van der Waals surface area contributed by atoms with Crippen molar-refractivity contribution in [2.75, 3.05) is 19.7 Å². The molecular weight excluding hydrogens is 336 g/mol. The molecular formula is C18H20N4O4. The van der Waals surface area contributed by atoms with Crippen LogP contribution in [0.5, 0.6) is 0 Å². The lowest BCUT2D eigenvalue weighted by molar-refractivity contribution is -0.132. The first kappa shape index (κ1) is 16.6. The van der Waals surface area contributed by atoms with Gasteiger partial charge in [0.1, 0.15) is 6.54 Å². The highest BCUT2D eigenvalue weighted by Gasteiger charge is 2.24. The molecule has 0 N–H and O–H groups in total. The van der Waals surface area contributed by atoms with E-state index in [1.807, 2.05) is 18.3 Å². The SMILES string of the molecule is O=C(Cn1c(=O)oc2ccccc21)N1CCCO[C@@H](Cn2cccn2)C1. The summed E-state index contributed by atoms with van der Waals surface area (Å²) < 4.78 is 14.2. The molecule has 4 rings (SSSR count). The van der Waals surface area contributed by atoms with Crippen LogP contribution in [0.4, 0.5) is 0 Å². The highest BCUT2D eigenvalue weighted by Crippen LogP contribution is 2.13. The van der Waals surface area contributed by atoms with E-state index in [9.17, 15) is 9.59 Å². The van der Waals surface area contributed by atoms with Gasteiger partial charge in [-0.05, 0) is 24.6 Å². The van der Waals surface area contributed by atoms with E-state index in [1.54, 1.807) is 34.0 Å². The van der Waals surface area contributed by atoms with Gasteiger partial charge >= 0.3 is 5.76 Å². The summed E-state index contributed by atoms with van der Waals surface area (Å²) in [7, 11) is 0. The fourth-order valence-electron chi connectivity index (χ4n) is 3.25. The second kappa shape index (κ2) is 7.17. The molecule has 136 valence electrons. The van der Waals surface area contributed by atoms with E-state index in [4.69, 9.17) is 9.15 Å². The van der Waals surface area contributed by atoms with E-state index < -0.39 is 5.76 Å². The Hall–Kier alpha value is -2.87. The van der Waals surface area contributed by atoms with E-state index in [0.717, 1.165) is 6.42 Å². The van der Waals surface area contributed by atoms with Crippen molar-refractivity contribution < 1.29 is 13.9 Å². The molecule has 1 saturated heterocycles. The maximum Gasteiger partial charge on any atom is 0.420 e. The molecule has 1 aromatic carbocycles. The van der Waals surface area contributed by atoms with Gasteiger partial charge in [-0.25, -0.2) is 4.79 Å². The zero-order chi connectivity index (χ0) is 17.9. The summed E-state index contributed by atoms with van der Waals surface area (Å²) in [6.45, 7) is 2.24. The third-order valence-electron chi connectivity index (χ3n) is 4.52. The molecule has 8 nitrogen and oxygen atoms in total. The smallest absolute Gasteiger partial charge is 0.408 e. The second-order valence-electron chi connectivity index (χ2n) is 6.34. The molecule has 0 aliphatic carbocycles. The largest absolute Gasteiger partial charge is 0.420 e. The molecule has 1 atom stereocenters. The predicted octanol–water partition coefficient (Wildman–Crippen LogP) is 1.11. The zero-order valence-electron chi connectivity index (χ0n) is 14.3. The molecule has 0 unspecified atom stereocenters. The summed E-state index contributed by atoms with van der Waals surface area (Å²) in [4.78, 5) is 26.7. The number of carbonyl (C=O) groups is 1. The van der Waals surface area contributed by atoms with Gasteiger partial charge in [-0.3, -0.25) is 14.0 Å². The number of nitrogens with zero attached hydrogens (tertiary/aromatic N) is 4. The topological polar surface area (TPSA) is 82.5 Å². The van der Waals surface area contributed by atoms with Crippen LogP contribution in [0.15, 0.2) is 51.9 Å². The molecule has 2 aromatic heterocycles. The van der Waals surface area contributed by atoms with Crippen molar-refractivity contribution >= 4 is 17.0 Å². The van der Waals surface area contributed by atoms with Crippen molar-refractivity contribution in [3.05, 3.63) is 53.3 Å². The summed E-state index contributed by atoms with van der Waals surface area (Å²) in [5, 5.41) is 4.19. The second-order valence-corrected chi connectivity index (χ2v) is 6.34. The van der Waals surface area contributed by atoms with E-state index in [-0.39, 0.29) is 18.6 Å². The normalized spacial score (nSPS) is 18.2. The van der Waals surface area contributed by atoms with Gasteiger partial charge in [0.2, 0.25) is 5.91 Å². The van der Waals surface area contributed by atoms with Crippen LogP contribution in [-0.4, -0.2) is 51.0 Å². The summed E-state index contributed by atoms with van der Waals surface area (Å²) in [6, 6.07) is 8.97. The van der Waals surface area contributed by atoms with Crippen molar-refractivity contribution in [1.82, 2.24) is 19.2 Å². The molecule has 0 radical (unpaired) electrons. The predicted molar refractivity (Wildman–Crippen MR) is 93.6 cm³/mol. The molecule has 8 heteroatoms. The molecule has 1 aliphatic rings. The number of rotatable bonds is 4. The minimum Gasteiger partial charge on any atom is -0.408 e. The van der Waals surface area contributed by atoms with Crippen LogP contribution >= 0.6 is 0 Å². The molecule has 3 aromatic rings. The number of amides is 1. The first-order valence-corrected chi connectivity index (χ1v) is 8.66. The Kier molecular flexibility index (Phi) is 4.57. The number of hydrogen-bond acceptors (Lipinski definition) is 5. The van der Waals surface area contributed by atoms with E-state index in [2.05, 4.69) is 5.10 Å². The summed E-state index contributed by atoms with van der Waals surface area (Å²) >= 11 is 0. The van der Waals surface area contributed by atoms with E-state index in [1.165, 1.54) is 4.57 Å². The van der Waals surface area contributed by atoms with Crippen molar-refractivity contribution in [2.24, 2.45) is 0 Å². The molecule has 0 saturated carbocycles. The van der Waals surface area contributed by atoms with Crippen LogP contribution in [0.25, 0.3) is 11.1 Å². The highest BCUT2D eigenvalue weighted by atomic mass is 16.5. The van der Waals surface area contributed by atoms with Gasteiger partial charge in [0.25, 0.3) is 0 Å². The van der Waals surface area contributed by atoms with Crippen LogP contribution < -0.4 is 5.76 Å². The summed E-state index contributed by atoms with van der Waals surface area (Å²) in [5.74, 6) is -0.631. The summed E-state index contributed by atoms with van der Waals surface area (Å²) in [5.41, 5.74) is 1.12. The first-order valence-electron chi connectivity index (χ1n) is 8.66. The van der Waals surface area contributed by atoms with Crippen molar-refractivity contribution in [1.29, 1.82) is 0 Å². The number of aromatic nitrogens is 3. The van der Waals surface area contributed by atoms with Crippen molar-refractivity contribution in [3.63, 3.8) is 0 Å². The Morgan fingerprint density at radius 1 is 1.27 bits per heavy atom. The van der Waals surface area contributed by atoms with Gasteiger partial charge in [-0.2, -0.15) is 5.10 Å². The number of carbonyl (C=O) groups excluding carboxylic acids is 1. The van der Waals surface area contributed by atoms with Crippen LogP contribution in [0.1, 0.15) is 6.42 Å². The van der Waals surface area contributed by atoms with Crippen LogP contribution in [0.3, 0.4) is 0 Å². The lowest BCUT2D eigenvalue weighted by Gasteiger charge is -2.24. The van der Waals surface area contributed by atoms with Gasteiger partial charge in [0.05, 0.1) is 18.2 Å². The zero-order valence-corrected chi connectivity index (χ0v) is 14.3. The number of para-hydroxylation sites is 2. The number of ether oxygens (including phenoxy) is 1. The fourth-order valence-corrected chi connectivity index (χ4v) is 3.25. The average Bonchev–Trinajstić information content (AvgIpc) is 3.17. The van der Waals surface area contributed by atoms with Crippen LogP contribution in [0.2, 0.25) is 0 Å². The van der Waals surface area contributed by atoms with Crippen molar-refractivity contribution in [3.8, 4) is 0 Å². The van der Waals surface area contributed by atoms with Gasteiger partial charge < -0.3 is 14.1 Å². The average molecular weight is 356 g/mol. The molecule has 1 fully saturated rings. The van der Waals surface area contributed by atoms with Crippen LogP contribution in [0, 0.1) is 0 Å². The molecule has 26 heavy (non-hydrogen) atoms. The Morgan fingerprint density at radius 2 is 2.15 bits per heavy atom. The number of benzene rings is 1. The molecule has 0 spiro atoms. The minimum atomic E-state index is -0.515. The Labute approximate surface area is 149 Å². The van der Waals surface area contributed by atoms with E-state index >= 15 is 0 Å². The Balaban J connectivity index is 1.49. The highest BCUT2D eigenvalue weighted by molar-refractivity contribution is 5.79. The Morgan fingerprint density at radius 3 is 3.00 bits per heavy atom. The van der Waals surface area contributed by atoms with E-state index in [0.29, 0.717) is 37.3 Å². The maximum absolute atomic E-state index is 12.8. The molecule has 1 amide bonds. The third kappa shape index (κ3) is 3.41. The monoisotopic (exact) mass is 356 g/mol. The molecule has 3 heterocycles. The van der Waals surface area contributed by atoms with Gasteiger partial charge in [0, 0.05) is 32.1 Å². The number of oxazole rings is 1. The standard InChI is InChI=1S/C18H20N4O4/c23-17(13-22-15-5-1-2-6-16(15)26-18(22)24)20-8-4-10-25-14(11-20)12-21-9-3-7-19-21/h1-3,5-7,9,14H,4,8,10-13H2/t14-/m1/s1. The maximum atomic E-state index is 12.8. The van der Waals surface area contributed by atoms with Crippen molar-refractivity contribution in [2.45, 2.75) is 25.6 Å². The number of hydrogen-bond donors (Lipinski definition) is 0. The number of fused-ring (bicyclic) bond motifs is 1. The Bertz CT molecular complexity index is 944. The third-order valence-corrected chi connectivity index (χ3v) is 4.52. The molecule has 1 aliphatic heterocycles. The summed E-state index contributed by atoms with van der Waals surface area (Å²) in [6.07, 6.45) is 4.23. The minimum absolute atomic E-state index is 0.0374. The first-order chi connectivity index (χ1) is 12.7. The lowest BCUT2D eigenvalue weighted by Crippen LogP contribution is -2.41. The van der Waals surface area contributed by atoms with Crippen LogP contribution in [-0.2, 0) is 22.6 Å². The lowest BCUT2D eigenvalue weighted by atomic mass is 10.3. The quantitative estimate of drug-likeness (QED) is 0.699. The van der Waals surface area contributed by atoms with Gasteiger partial charge in [-0.15, -0.1) is 0 Å².